The molecule has 1 aromatic carbocycles. The number of aromatic nitrogens is 2. The van der Waals surface area contributed by atoms with Gasteiger partial charge >= 0.3 is 6.09 Å². The summed E-state index contributed by atoms with van der Waals surface area (Å²) in [5.74, 6) is 2.44. The Morgan fingerprint density at radius 1 is 1.07 bits per heavy atom. The van der Waals surface area contributed by atoms with Gasteiger partial charge in [-0.3, -0.25) is 19.6 Å². The van der Waals surface area contributed by atoms with Crippen molar-refractivity contribution in [2.45, 2.75) is 45.8 Å². The summed E-state index contributed by atoms with van der Waals surface area (Å²) < 4.78 is 16.5. The van der Waals surface area contributed by atoms with Gasteiger partial charge in [0.15, 0.2) is 18.2 Å². The Balaban J connectivity index is 1.05. The van der Waals surface area contributed by atoms with Crippen molar-refractivity contribution in [3.63, 3.8) is 0 Å². The van der Waals surface area contributed by atoms with Crippen LogP contribution in [-0.2, 0) is 28.9 Å². The number of fused-ring (bicyclic) bond motifs is 2. The van der Waals surface area contributed by atoms with Crippen molar-refractivity contribution >= 4 is 23.6 Å². The van der Waals surface area contributed by atoms with Crippen LogP contribution in [0.25, 0.3) is 0 Å². The lowest BCUT2D eigenvalue weighted by Crippen LogP contribution is -2.39. The second-order valence-corrected chi connectivity index (χ2v) is 11.0. The molecule has 41 heavy (non-hydrogen) atoms. The molecule has 0 spiro atoms. The number of pyridine rings is 2. The topological polar surface area (TPSA) is 106 Å². The highest BCUT2D eigenvalue weighted by Gasteiger charge is 2.35. The summed E-state index contributed by atoms with van der Waals surface area (Å²) in [5, 5.41) is 3.56. The predicted octanol–water partition coefficient (Wildman–Crippen LogP) is 3.75. The van der Waals surface area contributed by atoms with E-state index in [0.717, 1.165) is 48.6 Å². The van der Waals surface area contributed by atoms with E-state index in [9.17, 15) is 9.59 Å². The van der Waals surface area contributed by atoms with Crippen molar-refractivity contribution in [1.82, 2.24) is 15.3 Å². The fourth-order valence-corrected chi connectivity index (χ4v) is 5.94. The van der Waals surface area contributed by atoms with Gasteiger partial charge in [0.1, 0.15) is 17.7 Å². The smallest absolute Gasteiger partial charge is 0.415 e. The van der Waals surface area contributed by atoms with Gasteiger partial charge in [-0.25, -0.2) is 9.78 Å². The van der Waals surface area contributed by atoms with Gasteiger partial charge < -0.3 is 19.5 Å². The molecule has 0 bridgehead atoms. The van der Waals surface area contributed by atoms with Gasteiger partial charge in [0.25, 0.3) is 5.91 Å². The molecule has 10 heteroatoms. The number of nitrogens with one attached hydrogen (secondary N) is 1. The first-order chi connectivity index (χ1) is 19.9. The quantitative estimate of drug-likeness (QED) is 0.397. The van der Waals surface area contributed by atoms with Crippen LogP contribution in [0, 0.1) is 19.8 Å². The van der Waals surface area contributed by atoms with E-state index in [-0.39, 0.29) is 18.6 Å². The first kappa shape index (κ1) is 27.0. The average Bonchev–Trinajstić information content (AvgIpc) is 3.55. The minimum absolute atomic E-state index is 0.0614. The summed E-state index contributed by atoms with van der Waals surface area (Å²) in [4.78, 5) is 38.0. The maximum absolute atomic E-state index is 12.8. The molecule has 2 aromatic heterocycles. The van der Waals surface area contributed by atoms with E-state index in [1.807, 2.05) is 24.3 Å². The van der Waals surface area contributed by atoms with Gasteiger partial charge in [0.2, 0.25) is 0 Å². The molecule has 3 aliphatic rings. The lowest BCUT2D eigenvalue weighted by Gasteiger charge is -2.29. The number of rotatable bonds is 9. The monoisotopic (exact) mass is 557 g/mol. The van der Waals surface area contributed by atoms with Gasteiger partial charge in [-0.1, -0.05) is 12.1 Å². The van der Waals surface area contributed by atoms with E-state index < -0.39 is 6.09 Å². The van der Waals surface area contributed by atoms with Crippen molar-refractivity contribution in [1.29, 1.82) is 0 Å². The van der Waals surface area contributed by atoms with Gasteiger partial charge in [-0.05, 0) is 99.1 Å². The zero-order valence-corrected chi connectivity index (χ0v) is 23.7. The number of ether oxygens (including phenoxy) is 3. The van der Waals surface area contributed by atoms with Crippen LogP contribution in [0.15, 0.2) is 42.5 Å². The predicted molar refractivity (Wildman–Crippen MR) is 154 cm³/mol. The van der Waals surface area contributed by atoms with Crippen LogP contribution in [0.1, 0.15) is 34.5 Å². The Kier molecular flexibility index (Phi) is 7.49. The number of benzene rings is 1. The minimum Gasteiger partial charge on any atom is -0.497 e. The first-order valence-corrected chi connectivity index (χ1v) is 14.1. The van der Waals surface area contributed by atoms with E-state index in [4.69, 9.17) is 14.2 Å². The molecule has 0 saturated carbocycles. The molecule has 3 aromatic rings. The highest BCUT2D eigenvalue weighted by molar-refractivity contribution is 5.97. The van der Waals surface area contributed by atoms with Crippen LogP contribution in [0.4, 0.5) is 16.4 Å². The molecule has 4 heterocycles. The number of cyclic esters (lactones) is 1. The zero-order valence-electron chi connectivity index (χ0n) is 23.7. The molecule has 10 nitrogen and oxygen atoms in total. The van der Waals surface area contributed by atoms with Gasteiger partial charge in [-0.2, -0.15) is 0 Å². The SMILES string of the molecule is COc1ccc(CN2C(=O)COc3ccc(N4CC(CCNCC5Cc6cc(C)nc(C)c6C5)OC4=O)nc32)cc1. The molecule has 6 rings (SSSR count). The van der Waals surface area contributed by atoms with E-state index in [1.54, 1.807) is 24.1 Å². The number of hydrogen-bond acceptors (Lipinski definition) is 8. The van der Waals surface area contributed by atoms with Crippen molar-refractivity contribution in [2.24, 2.45) is 5.92 Å². The van der Waals surface area contributed by atoms with Crippen LogP contribution in [0.2, 0.25) is 0 Å². The molecule has 2 atom stereocenters. The standard InChI is InChI=1S/C31H35N5O5/c1-19-12-23-13-22(14-26(23)20(2)33-19)15-32-11-10-25-17-35(31(38)41-25)28-9-8-27-30(34-28)36(29(37)18-40-27)16-21-4-6-24(39-3)7-5-21/h4-9,12,22,25,32H,10-11,13-18H2,1-3H3. The highest BCUT2D eigenvalue weighted by Crippen LogP contribution is 2.35. The number of anilines is 2. The first-order valence-electron chi connectivity index (χ1n) is 14.1. The molecule has 1 saturated heterocycles. The minimum atomic E-state index is -0.434. The summed E-state index contributed by atoms with van der Waals surface area (Å²) in [6.45, 7) is 6.49. The van der Waals surface area contributed by atoms with Crippen LogP contribution >= 0.6 is 0 Å². The molecule has 1 fully saturated rings. The second kappa shape index (κ2) is 11.4. The lowest BCUT2D eigenvalue weighted by molar-refractivity contribution is -0.121. The normalized spacial score (nSPS) is 19.6. The van der Waals surface area contributed by atoms with Crippen molar-refractivity contribution in [2.75, 3.05) is 43.2 Å². The maximum atomic E-state index is 12.8. The average molecular weight is 558 g/mol. The molecule has 1 aliphatic carbocycles. The summed E-state index contributed by atoms with van der Waals surface area (Å²) in [6.07, 6.45) is 2.16. The number of carbonyl (C=O) groups is 2. The number of nitrogens with zero attached hydrogens (tertiary/aromatic N) is 4. The summed E-state index contributed by atoms with van der Waals surface area (Å²) in [6, 6.07) is 13.2. The number of aryl methyl sites for hydroxylation is 2. The second-order valence-electron chi connectivity index (χ2n) is 11.0. The van der Waals surface area contributed by atoms with Gasteiger partial charge in [0.05, 0.1) is 20.2 Å². The molecular formula is C31H35N5O5. The van der Waals surface area contributed by atoms with Crippen molar-refractivity contribution in [3.8, 4) is 11.5 Å². The van der Waals surface area contributed by atoms with E-state index in [1.165, 1.54) is 16.0 Å². The van der Waals surface area contributed by atoms with Crippen LogP contribution in [0.5, 0.6) is 11.5 Å². The van der Waals surface area contributed by atoms with Gasteiger partial charge in [0, 0.05) is 11.4 Å². The number of hydrogen-bond donors (Lipinski definition) is 1. The van der Waals surface area contributed by atoms with Crippen molar-refractivity contribution in [3.05, 3.63) is 70.5 Å². The van der Waals surface area contributed by atoms with E-state index in [2.05, 4.69) is 35.2 Å². The van der Waals surface area contributed by atoms with Gasteiger partial charge in [-0.15, -0.1) is 0 Å². The fourth-order valence-electron chi connectivity index (χ4n) is 5.94. The summed E-state index contributed by atoms with van der Waals surface area (Å²) in [5.41, 5.74) is 5.98. The Hall–Kier alpha value is -4.18. The number of amides is 2. The summed E-state index contributed by atoms with van der Waals surface area (Å²) >= 11 is 0. The Labute approximate surface area is 239 Å². The van der Waals surface area contributed by atoms with Crippen LogP contribution in [0.3, 0.4) is 0 Å². The highest BCUT2D eigenvalue weighted by atomic mass is 16.6. The number of carbonyl (C=O) groups excluding carboxylic acids is 2. The molecule has 214 valence electrons. The molecule has 2 amide bonds. The third-order valence-corrected chi connectivity index (χ3v) is 8.01. The Bertz CT molecular complexity index is 1460. The third-order valence-electron chi connectivity index (χ3n) is 8.01. The molecular weight excluding hydrogens is 522 g/mol. The molecule has 1 N–H and O–H groups in total. The molecule has 2 unspecified atom stereocenters. The largest absolute Gasteiger partial charge is 0.497 e. The maximum Gasteiger partial charge on any atom is 0.415 e. The number of methoxy groups -OCH3 is 1. The van der Waals surface area contributed by atoms with E-state index >= 15 is 0 Å². The fraction of sp³-hybridized carbons (Fsp3) is 0.419. The third kappa shape index (κ3) is 5.69. The van der Waals surface area contributed by atoms with Crippen molar-refractivity contribution < 1.29 is 23.8 Å². The molecule has 2 aliphatic heterocycles. The van der Waals surface area contributed by atoms with Crippen LogP contribution < -0.4 is 24.6 Å². The lowest BCUT2D eigenvalue weighted by atomic mass is 10.1. The Morgan fingerprint density at radius 3 is 2.71 bits per heavy atom. The van der Waals surface area contributed by atoms with E-state index in [0.29, 0.717) is 42.8 Å². The zero-order chi connectivity index (χ0) is 28.5. The molecule has 0 radical (unpaired) electrons. The van der Waals surface area contributed by atoms with Crippen LogP contribution in [-0.4, -0.2) is 61.4 Å². The summed E-state index contributed by atoms with van der Waals surface area (Å²) in [7, 11) is 1.61. The Morgan fingerprint density at radius 2 is 1.90 bits per heavy atom.